The van der Waals surface area contributed by atoms with E-state index in [1.165, 1.54) is 0 Å². The summed E-state index contributed by atoms with van der Waals surface area (Å²) in [6.45, 7) is 12.1. The van der Waals surface area contributed by atoms with Gasteiger partial charge in [-0.05, 0) is 26.8 Å². The highest BCUT2D eigenvalue weighted by Gasteiger charge is 2.26. The Morgan fingerprint density at radius 2 is 1.25 bits per heavy atom. The van der Waals surface area contributed by atoms with Crippen LogP contribution in [0.1, 0.15) is 34.1 Å². The molecule has 0 amide bonds. The normalized spacial score (nSPS) is 12.5. The number of carboxylic acid groups (broad SMARTS) is 1. The molecular weight excluding hydrogens is 314 g/mol. The summed E-state index contributed by atoms with van der Waals surface area (Å²) in [5.41, 5.74) is 4.86. The number of aliphatic carboxylic acids is 1. The number of carboxylic acids is 1. The van der Waals surface area contributed by atoms with Crippen LogP contribution < -0.4 is 5.73 Å². The Labute approximate surface area is 145 Å². The summed E-state index contributed by atoms with van der Waals surface area (Å²) >= 11 is 0. The van der Waals surface area contributed by atoms with Crippen LogP contribution in [0, 0.1) is 10.8 Å². The summed E-state index contributed by atoms with van der Waals surface area (Å²) in [5.74, 6) is -0.810. The first-order valence-corrected chi connectivity index (χ1v) is 8.46. The zero-order valence-corrected chi connectivity index (χ0v) is 15.6. The van der Waals surface area contributed by atoms with Crippen LogP contribution in [0.25, 0.3) is 0 Å². The molecule has 0 aromatic rings. The van der Waals surface area contributed by atoms with E-state index in [1.54, 1.807) is 13.8 Å². The summed E-state index contributed by atoms with van der Waals surface area (Å²) in [6.07, 6.45) is 0.479. The molecule has 144 valence electrons. The fraction of sp³-hybridized carbons (Fsp3) is 0.941. The molecule has 0 aromatic carbocycles. The van der Waals surface area contributed by atoms with Gasteiger partial charge >= 0.3 is 5.97 Å². The zero-order valence-electron chi connectivity index (χ0n) is 15.6. The van der Waals surface area contributed by atoms with Crippen molar-refractivity contribution in [2.75, 3.05) is 59.4 Å². The maximum absolute atomic E-state index is 10.9. The van der Waals surface area contributed by atoms with Crippen molar-refractivity contribution in [2.24, 2.45) is 16.6 Å². The van der Waals surface area contributed by atoms with E-state index in [0.717, 1.165) is 0 Å². The molecule has 0 spiro atoms. The molecule has 3 N–H and O–H groups in total. The van der Waals surface area contributed by atoms with E-state index in [4.69, 9.17) is 29.8 Å². The maximum atomic E-state index is 10.9. The van der Waals surface area contributed by atoms with Crippen molar-refractivity contribution in [3.8, 4) is 0 Å². The van der Waals surface area contributed by atoms with Gasteiger partial charge in [0, 0.05) is 12.0 Å². The van der Waals surface area contributed by atoms with E-state index in [9.17, 15) is 4.79 Å². The topological polar surface area (TPSA) is 100 Å². The van der Waals surface area contributed by atoms with Gasteiger partial charge in [0.05, 0.1) is 51.7 Å². The molecule has 0 radical (unpaired) electrons. The van der Waals surface area contributed by atoms with Crippen LogP contribution in [0.3, 0.4) is 0 Å². The molecule has 0 aromatic heterocycles. The van der Waals surface area contributed by atoms with Crippen molar-refractivity contribution in [3.05, 3.63) is 0 Å². The van der Waals surface area contributed by atoms with E-state index >= 15 is 0 Å². The molecule has 0 saturated carbocycles. The summed E-state index contributed by atoms with van der Waals surface area (Å²) in [5, 5.41) is 8.96. The van der Waals surface area contributed by atoms with Gasteiger partial charge in [0.15, 0.2) is 0 Å². The smallest absolute Gasteiger partial charge is 0.309 e. The van der Waals surface area contributed by atoms with E-state index in [0.29, 0.717) is 65.8 Å². The number of hydrogen-bond donors (Lipinski definition) is 2. The summed E-state index contributed by atoms with van der Waals surface area (Å²) in [6, 6.07) is 0. The van der Waals surface area contributed by atoms with Gasteiger partial charge in [0.2, 0.25) is 0 Å². The Balaban J connectivity index is 3.28. The van der Waals surface area contributed by atoms with Gasteiger partial charge < -0.3 is 29.8 Å². The van der Waals surface area contributed by atoms with Gasteiger partial charge in [-0.1, -0.05) is 13.8 Å². The second-order valence-electron chi connectivity index (χ2n) is 7.20. The minimum absolute atomic E-state index is 0.00277. The highest BCUT2D eigenvalue weighted by atomic mass is 16.6. The number of rotatable bonds is 16. The monoisotopic (exact) mass is 349 g/mol. The molecule has 0 fully saturated rings. The van der Waals surface area contributed by atoms with Gasteiger partial charge in [0.25, 0.3) is 0 Å². The lowest BCUT2D eigenvalue weighted by atomic mass is 9.90. The van der Waals surface area contributed by atoms with Gasteiger partial charge in [-0.2, -0.15) is 0 Å². The molecule has 24 heavy (non-hydrogen) atoms. The predicted octanol–water partition coefficient (Wildman–Crippen LogP) is 1.54. The van der Waals surface area contributed by atoms with E-state index < -0.39 is 11.4 Å². The predicted molar refractivity (Wildman–Crippen MR) is 92.1 cm³/mol. The first-order chi connectivity index (χ1) is 11.2. The molecule has 0 rings (SSSR count). The Morgan fingerprint density at radius 3 is 1.67 bits per heavy atom. The van der Waals surface area contributed by atoms with Gasteiger partial charge in [-0.15, -0.1) is 0 Å². The molecule has 7 nitrogen and oxygen atoms in total. The van der Waals surface area contributed by atoms with Crippen LogP contribution in [0.15, 0.2) is 0 Å². The molecule has 0 atom stereocenters. The van der Waals surface area contributed by atoms with Crippen LogP contribution >= 0.6 is 0 Å². The average Bonchev–Trinajstić information content (AvgIpc) is 2.51. The van der Waals surface area contributed by atoms with Crippen molar-refractivity contribution in [1.82, 2.24) is 0 Å². The number of hydrogen-bond acceptors (Lipinski definition) is 6. The van der Waals surface area contributed by atoms with Crippen LogP contribution in [-0.2, 0) is 23.7 Å². The molecule has 0 heterocycles. The molecule has 0 aliphatic carbocycles. The number of ether oxygens (including phenoxy) is 4. The summed E-state index contributed by atoms with van der Waals surface area (Å²) in [7, 11) is 0. The van der Waals surface area contributed by atoms with Crippen LogP contribution in [0.2, 0.25) is 0 Å². The Morgan fingerprint density at radius 1 is 0.833 bits per heavy atom. The summed E-state index contributed by atoms with van der Waals surface area (Å²) in [4.78, 5) is 10.9. The number of carbonyl (C=O) groups is 1. The highest BCUT2D eigenvalue weighted by molar-refractivity contribution is 5.73. The Bertz CT molecular complexity index is 333. The van der Waals surface area contributed by atoms with Crippen LogP contribution in [0.5, 0.6) is 0 Å². The minimum atomic E-state index is -0.810. The van der Waals surface area contributed by atoms with Crippen molar-refractivity contribution in [1.29, 1.82) is 0 Å². The van der Waals surface area contributed by atoms with Crippen molar-refractivity contribution in [2.45, 2.75) is 34.1 Å². The third-order valence-corrected chi connectivity index (χ3v) is 3.61. The van der Waals surface area contributed by atoms with E-state index in [2.05, 4.69) is 13.8 Å². The third-order valence-electron chi connectivity index (χ3n) is 3.61. The molecule has 7 heteroatoms. The van der Waals surface area contributed by atoms with E-state index in [1.807, 2.05) is 0 Å². The molecule has 0 aliphatic rings. The lowest BCUT2D eigenvalue weighted by Gasteiger charge is -2.21. The molecular formula is C17H35NO6. The van der Waals surface area contributed by atoms with Crippen LogP contribution in [-0.4, -0.2) is 70.5 Å². The fourth-order valence-corrected chi connectivity index (χ4v) is 1.50. The average molecular weight is 349 g/mol. The second-order valence-corrected chi connectivity index (χ2v) is 7.20. The van der Waals surface area contributed by atoms with Gasteiger partial charge in [-0.25, -0.2) is 0 Å². The number of nitrogens with two attached hydrogens (primary N) is 1. The first kappa shape index (κ1) is 23.3. The molecule has 0 unspecified atom stereocenters. The van der Waals surface area contributed by atoms with Crippen molar-refractivity contribution >= 4 is 5.97 Å². The van der Waals surface area contributed by atoms with Crippen LogP contribution in [0.4, 0.5) is 0 Å². The molecule has 0 aliphatic heterocycles. The lowest BCUT2D eigenvalue weighted by molar-refractivity contribution is -0.148. The highest BCUT2D eigenvalue weighted by Crippen LogP contribution is 2.19. The van der Waals surface area contributed by atoms with Gasteiger partial charge in [0.1, 0.15) is 0 Å². The largest absolute Gasteiger partial charge is 0.481 e. The van der Waals surface area contributed by atoms with Crippen molar-refractivity contribution in [3.63, 3.8) is 0 Å². The first-order valence-electron chi connectivity index (χ1n) is 8.46. The minimum Gasteiger partial charge on any atom is -0.481 e. The molecule has 0 bridgehead atoms. The molecule has 0 saturated heterocycles. The standard InChI is InChI=1S/C17H35NO6/c1-16(2,13-18)14-24-12-11-23-10-9-22-8-7-21-6-5-17(3,4)15(19)20/h5-14,18H2,1-4H3,(H,19,20). The van der Waals surface area contributed by atoms with Crippen molar-refractivity contribution < 1.29 is 28.8 Å². The summed E-state index contributed by atoms with van der Waals surface area (Å²) < 4.78 is 21.6. The maximum Gasteiger partial charge on any atom is 0.309 e. The zero-order chi connectivity index (χ0) is 18.5. The fourth-order valence-electron chi connectivity index (χ4n) is 1.50. The second kappa shape index (κ2) is 12.6. The van der Waals surface area contributed by atoms with E-state index in [-0.39, 0.29) is 5.41 Å². The SMILES string of the molecule is CC(C)(CN)COCCOCCOCCOCCC(C)(C)C(=O)O. The lowest BCUT2D eigenvalue weighted by Crippen LogP contribution is -2.29. The Hall–Kier alpha value is -0.730. The quantitative estimate of drug-likeness (QED) is 0.408. The third kappa shape index (κ3) is 12.7. The van der Waals surface area contributed by atoms with Gasteiger partial charge in [-0.3, -0.25) is 4.79 Å². The Kier molecular flexibility index (Phi) is 12.2.